The number of anilines is 1. The number of fused-ring (bicyclic) bond motifs is 1. The number of H-pyrrole nitrogens is 1. The highest BCUT2D eigenvalue weighted by Gasteiger charge is 2.05. The highest BCUT2D eigenvalue weighted by Crippen LogP contribution is 2.23. The lowest BCUT2D eigenvalue weighted by atomic mass is 10.2. The topological polar surface area (TPSA) is 78.0 Å². The Morgan fingerprint density at radius 1 is 1.16 bits per heavy atom. The fraction of sp³-hybridized carbons (Fsp3) is 0. The van der Waals surface area contributed by atoms with Gasteiger partial charge in [0.1, 0.15) is 11.6 Å². The molecular formula is C14H11N3O2. The van der Waals surface area contributed by atoms with Crippen LogP contribution in [0.25, 0.3) is 22.4 Å². The van der Waals surface area contributed by atoms with Crippen LogP contribution in [0.4, 0.5) is 5.69 Å². The summed E-state index contributed by atoms with van der Waals surface area (Å²) < 4.78 is 0. The molecule has 5 nitrogen and oxygen atoms in total. The van der Waals surface area contributed by atoms with Gasteiger partial charge >= 0.3 is 0 Å². The van der Waals surface area contributed by atoms with Gasteiger partial charge < -0.3 is 15.4 Å². The fourth-order valence-electron chi connectivity index (χ4n) is 1.92. The number of phenols is 1. The van der Waals surface area contributed by atoms with Gasteiger partial charge in [-0.3, -0.25) is 4.79 Å². The summed E-state index contributed by atoms with van der Waals surface area (Å²) in [5.41, 5.74) is 3.26. The van der Waals surface area contributed by atoms with Crippen molar-refractivity contribution in [2.75, 3.05) is 5.32 Å². The van der Waals surface area contributed by atoms with E-state index in [1.165, 1.54) is 0 Å². The third-order valence-corrected chi connectivity index (χ3v) is 2.85. The molecule has 5 heteroatoms. The van der Waals surface area contributed by atoms with Gasteiger partial charge in [-0.15, -0.1) is 0 Å². The number of hydrogen-bond acceptors (Lipinski definition) is 3. The van der Waals surface area contributed by atoms with Crippen LogP contribution in [0.3, 0.4) is 0 Å². The van der Waals surface area contributed by atoms with Crippen LogP contribution < -0.4 is 5.32 Å². The van der Waals surface area contributed by atoms with E-state index in [2.05, 4.69) is 15.3 Å². The van der Waals surface area contributed by atoms with E-state index in [0.29, 0.717) is 12.1 Å². The molecule has 0 radical (unpaired) electrons. The van der Waals surface area contributed by atoms with E-state index < -0.39 is 0 Å². The molecule has 1 heterocycles. The predicted molar refractivity (Wildman–Crippen MR) is 72.9 cm³/mol. The molecule has 0 bridgehead atoms. The quantitative estimate of drug-likeness (QED) is 0.627. The fourth-order valence-corrected chi connectivity index (χ4v) is 1.92. The van der Waals surface area contributed by atoms with Crippen molar-refractivity contribution >= 4 is 23.1 Å². The smallest absolute Gasteiger partial charge is 0.211 e. The van der Waals surface area contributed by atoms with Gasteiger partial charge in [0.05, 0.1) is 11.0 Å². The molecule has 1 amide bonds. The molecule has 0 spiro atoms. The number of phenolic OH excluding ortho intramolecular Hbond substituents is 1. The van der Waals surface area contributed by atoms with Crippen LogP contribution in [-0.4, -0.2) is 21.5 Å². The molecule has 94 valence electrons. The van der Waals surface area contributed by atoms with Crippen molar-refractivity contribution < 1.29 is 9.90 Å². The lowest BCUT2D eigenvalue weighted by Gasteiger charge is -1.96. The Bertz CT molecular complexity index is 732. The van der Waals surface area contributed by atoms with Crippen molar-refractivity contribution in [1.82, 2.24) is 9.97 Å². The number of amides is 1. The monoisotopic (exact) mass is 253 g/mol. The van der Waals surface area contributed by atoms with E-state index in [9.17, 15) is 9.90 Å². The van der Waals surface area contributed by atoms with Crippen molar-refractivity contribution in [2.24, 2.45) is 0 Å². The Balaban J connectivity index is 2.05. The van der Waals surface area contributed by atoms with E-state index >= 15 is 0 Å². The Morgan fingerprint density at radius 2 is 1.95 bits per heavy atom. The summed E-state index contributed by atoms with van der Waals surface area (Å²) in [6.07, 6.45) is 0.637. The minimum atomic E-state index is 0.220. The molecule has 3 rings (SSSR count). The number of carbonyl (C=O) groups excluding carboxylic acids is 1. The first kappa shape index (κ1) is 11.3. The molecule has 0 fully saturated rings. The average molecular weight is 253 g/mol. The van der Waals surface area contributed by atoms with Gasteiger partial charge in [-0.1, -0.05) is 0 Å². The number of aromatic hydroxyl groups is 1. The summed E-state index contributed by atoms with van der Waals surface area (Å²) >= 11 is 0. The van der Waals surface area contributed by atoms with Crippen LogP contribution in [0.15, 0.2) is 42.5 Å². The van der Waals surface area contributed by atoms with Gasteiger partial charge in [-0.2, -0.15) is 0 Å². The van der Waals surface area contributed by atoms with Crippen LogP contribution >= 0.6 is 0 Å². The van der Waals surface area contributed by atoms with Crippen molar-refractivity contribution in [3.63, 3.8) is 0 Å². The van der Waals surface area contributed by atoms with E-state index in [1.54, 1.807) is 30.3 Å². The zero-order chi connectivity index (χ0) is 13.2. The maximum absolute atomic E-state index is 10.4. The van der Waals surface area contributed by atoms with Gasteiger partial charge in [-0.05, 0) is 42.5 Å². The maximum atomic E-state index is 10.4. The summed E-state index contributed by atoms with van der Waals surface area (Å²) in [6.45, 7) is 0. The van der Waals surface area contributed by atoms with Crippen LogP contribution in [0.2, 0.25) is 0 Å². The Labute approximate surface area is 108 Å². The number of hydrogen-bond donors (Lipinski definition) is 3. The first-order valence-electron chi connectivity index (χ1n) is 5.75. The van der Waals surface area contributed by atoms with Gasteiger partial charge in [0.2, 0.25) is 6.41 Å². The zero-order valence-electron chi connectivity index (χ0n) is 9.92. The summed E-state index contributed by atoms with van der Waals surface area (Å²) in [7, 11) is 0. The van der Waals surface area contributed by atoms with Gasteiger partial charge in [0, 0.05) is 11.3 Å². The number of rotatable bonds is 3. The molecule has 0 saturated heterocycles. The first-order chi connectivity index (χ1) is 9.26. The molecule has 1 aromatic heterocycles. The highest BCUT2D eigenvalue weighted by atomic mass is 16.3. The van der Waals surface area contributed by atoms with Crippen LogP contribution in [0, 0.1) is 0 Å². The third-order valence-electron chi connectivity index (χ3n) is 2.85. The van der Waals surface area contributed by atoms with E-state index in [4.69, 9.17) is 0 Å². The zero-order valence-corrected chi connectivity index (χ0v) is 9.92. The number of nitrogens with one attached hydrogen (secondary N) is 2. The average Bonchev–Trinajstić information content (AvgIpc) is 2.83. The molecule has 0 aliphatic rings. The standard InChI is InChI=1S/C14H11N3O2/c18-8-15-10-3-6-12-13(7-10)17-14(16-12)9-1-4-11(19)5-2-9/h1-8,19H,(H,15,18)(H,16,17). The van der Waals surface area contributed by atoms with E-state index in [-0.39, 0.29) is 5.75 Å². The first-order valence-corrected chi connectivity index (χ1v) is 5.75. The summed E-state index contributed by atoms with van der Waals surface area (Å²) in [5.74, 6) is 0.940. The van der Waals surface area contributed by atoms with Gasteiger partial charge in [0.25, 0.3) is 0 Å². The molecular weight excluding hydrogens is 242 g/mol. The van der Waals surface area contributed by atoms with Crippen LogP contribution in [0.1, 0.15) is 0 Å². The van der Waals surface area contributed by atoms with E-state index in [0.717, 1.165) is 22.4 Å². The minimum Gasteiger partial charge on any atom is -0.508 e. The van der Waals surface area contributed by atoms with Crippen molar-refractivity contribution in [3.8, 4) is 17.1 Å². The molecule has 2 aromatic carbocycles. The molecule has 3 N–H and O–H groups in total. The van der Waals surface area contributed by atoms with Crippen molar-refractivity contribution in [3.05, 3.63) is 42.5 Å². The Hall–Kier alpha value is -2.82. The maximum Gasteiger partial charge on any atom is 0.211 e. The number of benzene rings is 2. The lowest BCUT2D eigenvalue weighted by Crippen LogP contribution is -1.92. The molecule has 0 unspecified atom stereocenters. The molecule has 0 aliphatic carbocycles. The van der Waals surface area contributed by atoms with E-state index in [1.807, 2.05) is 12.1 Å². The second-order valence-corrected chi connectivity index (χ2v) is 4.13. The minimum absolute atomic E-state index is 0.220. The number of imidazole rings is 1. The summed E-state index contributed by atoms with van der Waals surface area (Å²) in [5, 5.41) is 11.9. The largest absolute Gasteiger partial charge is 0.508 e. The second kappa shape index (κ2) is 4.45. The van der Waals surface area contributed by atoms with Gasteiger partial charge in [0.15, 0.2) is 0 Å². The molecule has 19 heavy (non-hydrogen) atoms. The number of aromatic amines is 1. The van der Waals surface area contributed by atoms with Crippen LogP contribution in [0.5, 0.6) is 5.75 Å². The molecule has 0 saturated carbocycles. The SMILES string of the molecule is O=CNc1ccc2nc(-c3ccc(O)cc3)[nH]c2c1. The summed E-state index contributed by atoms with van der Waals surface area (Å²) in [6, 6.07) is 12.2. The third kappa shape index (κ3) is 2.13. The second-order valence-electron chi connectivity index (χ2n) is 4.13. The molecule has 0 atom stereocenters. The van der Waals surface area contributed by atoms with Gasteiger partial charge in [-0.25, -0.2) is 4.98 Å². The molecule has 3 aromatic rings. The predicted octanol–water partition coefficient (Wildman–Crippen LogP) is 2.50. The molecule has 0 aliphatic heterocycles. The number of nitrogens with zero attached hydrogens (tertiary/aromatic N) is 1. The van der Waals surface area contributed by atoms with Crippen LogP contribution in [-0.2, 0) is 4.79 Å². The normalized spacial score (nSPS) is 10.5. The van der Waals surface area contributed by atoms with Crippen molar-refractivity contribution in [2.45, 2.75) is 0 Å². The summed E-state index contributed by atoms with van der Waals surface area (Å²) in [4.78, 5) is 18.1. The highest BCUT2D eigenvalue weighted by molar-refractivity contribution is 5.85. The van der Waals surface area contributed by atoms with Crippen molar-refractivity contribution in [1.29, 1.82) is 0 Å². The Morgan fingerprint density at radius 3 is 2.68 bits per heavy atom. The Kier molecular flexibility index (Phi) is 2.64. The number of aromatic nitrogens is 2. The number of carbonyl (C=O) groups is 1. The lowest BCUT2D eigenvalue weighted by molar-refractivity contribution is -0.105.